The van der Waals surface area contributed by atoms with E-state index in [0.29, 0.717) is 0 Å². The molecule has 1 aliphatic rings. The number of aliphatic imine (C=N–C) groups is 1. The van der Waals surface area contributed by atoms with Gasteiger partial charge in [-0.3, -0.25) is 9.98 Å². The van der Waals surface area contributed by atoms with Crippen LogP contribution in [0.5, 0.6) is 0 Å². The zero-order chi connectivity index (χ0) is 13.6. The van der Waals surface area contributed by atoms with Gasteiger partial charge in [0, 0.05) is 25.0 Å². The number of anilines is 1. The highest BCUT2D eigenvalue weighted by Crippen LogP contribution is 2.22. The van der Waals surface area contributed by atoms with Gasteiger partial charge in [-0.05, 0) is 55.7 Å². The van der Waals surface area contributed by atoms with Crippen molar-refractivity contribution in [3.63, 3.8) is 0 Å². The summed E-state index contributed by atoms with van der Waals surface area (Å²) < 4.78 is 0. The molecule has 0 aliphatic carbocycles. The molecule has 0 unspecified atom stereocenters. The van der Waals surface area contributed by atoms with Gasteiger partial charge in [0.05, 0.1) is 17.6 Å². The molecule has 2 aromatic rings. The van der Waals surface area contributed by atoms with Gasteiger partial charge in [0.2, 0.25) is 0 Å². The van der Waals surface area contributed by atoms with Crippen LogP contribution in [0.25, 0.3) is 0 Å². The topological polar surface area (TPSA) is 28.5 Å². The summed E-state index contributed by atoms with van der Waals surface area (Å²) in [6, 6.07) is 14.3. The monoisotopic (exact) mass is 265 g/mol. The van der Waals surface area contributed by atoms with Gasteiger partial charge >= 0.3 is 0 Å². The zero-order valence-electron chi connectivity index (χ0n) is 11.6. The Balaban J connectivity index is 1.68. The SMILES string of the molecule is C(=Nc1ccc(N2CCCCC2)cc1)c1ccccn1. The summed E-state index contributed by atoms with van der Waals surface area (Å²) in [7, 11) is 0. The first-order chi connectivity index (χ1) is 9.92. The van der Waals surface area contributed by atoms with Gasteiger partial charge in [0.25, 0.3) is 0 Å². The maximum atomic E-state index is 4.46. The quantitative estimate of drug-likeness (QED) is 0.789. The number of benzene rings is 1. The fourth-order valence-corrected chi connectivity index (χ4v) is 2.49. The molecule has 1 saturated heterocycles. The van der Waals surface area contributed by atoms with Crippen molar-refractivity contribution in [2.24, 2.45) is 4.99 Å². The van der Waals surface area contributed by atoms with E-state index in [1.807, 2.05) is 18.2 Å². The number of pyridine rings is 1. The normalized spacial score (nSPS) is 15.7. The molecule has 1 aromatic carbocycles. The molecule has 1 fully saturated rings. The number of piperidine rings is 1. The summed E-state index contributed by atoms with van der Waals surface area (Å²) in [5.74, 6) is 0. The molecule has 3 nitrogen and oxygen atoms in total. The average molecular weight is 265 g/mol. The molecule has 2 heterocycles. The largest absolute Gasteiger partial charge is 0.372 e. The van der Waals surface area contributed by atoms with E-state index < -0.39 is 0 Å². The molecule has 0 amide bonds. The second kappa shape index (κ2) is 6.33. The number of aromatic nitrogens is 1. The molecule has 20 heavy (non-hydrogen) atoms. The number of hydrogen-bond acceptors (Lipinski definition) is 3. The van der Waals surface area contributed by atoms with Crippen LogP contribution in [0.4, 0.5) is 11.4 Å². The summed E-state index contributed by atoms with van der Waals surface area (Å²) in [6.07, 6.45) is 7.55. The average Bonchev–Trinajstić information content (AvgIpc) is 2.55. The zero-order valence-corrected chi connectivity index (χ0v) is 11.6. The van der Waals surface area contributed by atoms with Crippen molar-refractivity contribution in [3.8, 4) is 0 Å². The van der Waals surface area contributed by atoms with Gasteiger partial charge in [0.1, 0.15) is 0 Å². The third-order valence-electron chi connectivity index (χ3n) is 3.60. The first-order valence-electron chi connectivity index (χ1n) is 7.22. The van der Waals surface area contributed by atoms with E-state index in [4.69, 9.17) is 0 Å². The van der Waals surface area contributed by atoms with Gasteiger partial charge in [-0.25, -0.2) is 0 Å². The standard InChI is InChI=1S/C17H19N3/c1-4-12-20(13-5-1)17-9-7-15(8-10-17)19-14-16-6-2-3-11-18-16/h2-3,6-11,14H,1,4-5,12-13H2. The van der Waals surface area contributed by atoms with Crippen LogP contribution in [0, 0.1) is 0 Å². The summed E-state index contributed by atoms with van der Waals surface area (Å²) in [6.45, 7) is 2.35. The van der Waals surface area contributed by atoms with Crippen molar-refractivity contribution < 1.29 is 0 Å². The van der Waals surface area contributed by atoms with Crippen molar-refractivity contribution >= 4 is 17.6 Å². The van der Waals surface area contributed by atoms with Crippen LogP contribution in [0.15, 0.2) is 53.7 Å². The Morgan fingerprint density at radius 3 is 2.45 bits per heavy atom. The van der Waals surface area contributed by atoms with Gasteiger partial charge in [-0.1, -0.05) is 6.07 Å². The predicted molar refractivity (Wildman–Crippen MR) is 84.0 cm³/mol. The Morgan fingerprint density at radius 2 is 1.75 bits per heavy atom. The van der Waals surface area contributed by atoms with E-state index in [2.05, 4.69) is 39.1 Å². The molecule has 102 valence electrons. The molecule has 3 heteroatoms. The van der Waals surface area contributed by atoms with E-state index in [9.17, 15) is 0 Å². The molecule has 0 saturated carbocycles. The number of nitrogens with zero attached hydrogens (tertiary/aromatic N) is 3. The van der Waals surface area contributed by atoms with Gasteiger partial charge in [0.15, 0.2) is 0 Å². The second-order valence-electron chi connectivity index (χ2n) is 5.08. The lowest BCUT2D eigenvalue weighted by Gasteiger charge is -2.28. The summed E-state index contributed by atoms with van der Waals surface area (Å²) in [5.41, 5.74) is 3.16. The van der Waals surface area contributed by atoms with Crippen LogP contribution >= 0.6 is 0 Å². The van der Waals surface area contributed by atoms with Crippen LogP contribution < -0.4 is 4.90 Å². The van der Waals surface area contributed by atoms with Crippen molar-refractivity contribution in [1.29, 1.82) is 0 Å². The van der Waals surface area contributed by atoms with E-state index in [-0.39, 0.29) is 0 Å². The van der Waals surface area contributed by atoms with E-state index in [0.717, 1.165) is 11.4 Å². The molecule has 3 rings (SSSR count). The Labute approximate surface area is 120 Å². The van der Waals surface area contributed by atoms with Crippen LogP contribution in [0.3, 0.4) is 0 Å². The predicted octanol–water partition coefficient (Wildman–Crippen LogP) is 3.82. The van der Waals surface area contributed by atoms with Gasteiger partial charge in [-0.15, -0.1) is 0 Å². The lowest BCUT2D eigenvalue weighted by atomic mass is 10.1. The minimum absolute atomic E-state index is 0.882. The molecule has 0 spiro atoms. The summed E-state index contributed by atoms with van der Waals surface area (Å²) >= 11 is 0. The van der Waals surface area contributed by atoms with Crippen molar-refractivity contribution in [3.05, 3.63) is 54.4 Å². The first-order valence-corrected chi connectivity index (χ1v) is 7.22. The van der Waals surface area contributed by atoms with Crippen LogP contribution in [0.2, 0.25) is 0 Å². The fraction of sp³-hybridized carbons (Fsp3) is 0.294. The fourth-order valence-electron chi connectivity index (χ4n) is 2.49. The lowest BCUT2D eigenvalue weighted by Crippen LogP contribution is -2.29. The Morgan fingerprint density at radius 1 is 0.950 bits per heavy atom. The summed E-state index contributed by atoms with van der Waals surface area (Å²) in [4.78, 5) is 11.1. The first kappa shape index (κ1) is 12.9. The molecule has 0 N–H and O–H groups in total. The molecular formula is C17H19N3. The highest BCUT2D eigenvalue weighted by molar-refractivity contribution is 5.79. The molecule has 0 atom stereocenters. The lowest BCUT2D eigenvalue weighted by molar-refractivity contribution is 0.578. The van der Waals surface area contributed by atoms with E-state index in [1.54, 1.807) is 12.4 Å². The highest BCUT2D eigenvalue weighted by Gasteiger charge is 2.10. The number of hydrogen-bond donors (Lipinski definition) is 0. The van der Waals surface area contributed by atoms with Crippen molar-refractivity contribution in [2.45, 2.75) is 19.3 Å². The maximum Gasteiger partial charge on any atom is 0.0812 e. The maximum absolute atomic E-state index is 4.46. The molecule has 1 aliphatic heterocycles. The summed E-state index contributed by atoms with van der Waals surface area (Å²) in [5, 5.41) is 0. The minimum atomic E-state index is 0.882. The van der Waals surface area contributed by atoms with Gasteiger partial charge < -0.3 is 4.90 Å². The Bertz CT molecular complexity index is 555. The van der Waals surface area contributed by atoms with Crippen molar-refractivity contribution in [2.75, 3.05) is 18.0 Å². The highest BCUT2D eigenvalue weighted by atomic mass is 15.1. The van der Waals surface area contributed by atoms with Gasteiger partial charge in [-0.2, -0.15) is 0 Å². The molecule has 1 aromatic heterocycles. The Hall–Kier alpha value is -2.16. The smallest absolute Gasteiger partial charge is 0.0812 e. The second-order valence-corrected chi connectivity index (χ2v) is 5.08. The van der Waals surface area contributed by atoms with Crippen LogP contribution in [-0.2, 0) is 0 Å². The van der Waals surface area contributed by atoms with Crippen LogP contribution in [0.1, 0.15) is 25.0 Å². The molecular weight excluding hydrogens is 246 g/mol. The molecule has 0 radical (unpaired) electrons. The third-order valence-corrected chi connectivity index (χ3v) is 3.60. The Kier molecular flexibility index (Phi) is 4.07. The van der Waals surface area contributed by atoms with Crippen LogP contribution in [-0.4, -0.2) is 24.3 Å². The molecule has 0 bridgehead atoms. The van der Waals surface area contributed by atoms with Crippen molar-refractivity contribution in [1.82, 2.24) is 4.98 Å². The van der Waals surface area contributed by atoms with E-state index >= 15 is 0 Å². The minimum Gasteiger partial charge on any atom is -0.372 e. The third kappa shape index (κ3) is 3.23. The van der Waals surface area contributed by atoms with E-state index in [1.165, 1.54) is 38.0 Å². The number of rotatable bonds is 3.